The summed E-state index contributed by atoms with van der Waals surface area (Å²) >= 11 is 0. The molecule has 3 saturated heterocycles. The van der Waals surface area contributed by atoms with Gasteiger partial charge in [-0.05, 0) is 49.3 Å². The van der Waals surface area contributed by atoms with Crippen LogP contribution < -0.4 is 5.32 Å². The number of benzene rings is 1. The monoisotopic (exact) mass is 382 g/mol. The zero-order chi connectivity index (χ0) is 19.5. The van der Waals surface area contributed by atoms with Crippen LogP contribution in [0.3, 0.4) is 0 Å². The molecule has 2 atom stereocenters. The van der Waals surface area contributed by atoms with Crippen LogP contribution in [0.4, 0.5) is 4.79 Å². The van der Waals surface area contributed by atoms with Gasteiger partial charge in [0.15, 0.2) is 0 Å². The maximum atomic E-state index is 12.9. The molecule has 0 bridgehead atoms. The Morgan fingerprint density at radius 1 is 1.14 bits per heavy atom. The van der Waals surface area contributed by atoms with E-state index >= 15 is 0 Å². The summed E-state index contributed by atoms with van der Waals surface area (Å²) in [4.78, 5) is 28.3. The van der Waals surface area contributed by atoms with Gasteiger partial charge in [-0.2, -0.15) is 5.26 Å². The zero-order valence-corrected chi connectivity index (χ0v) is 16.0. The summed E-state index contributed by atoms with van der Waals surface area (Å²) < 4.78 is 5.57. The molecule has 3 aliphatic heterocycles. The van der Waals surface area contributed by atoms with Crippen molar-refractivity contribution >= 4 is 11.9 Å². The normalized spacial score (nSPS) is 25.6. The third kappa shape index (κ3) is 4.12. The maximum Gasteiger partial charge on any atom is 0.320 e. The Balaban J connectivity index is 1.27. The molecule has 0 saturated carbocycles. The molecule has 4 rings (SSSR count). The standard InChI is InChI=1S/C21H26N4O3/c22-12-17-3-1-15(2-4-17)11-16-5-8-24(9-6-16)21(27)25-10-7-19-18(13-25)23-20(26)14-28-19/h1-4,16,18-19H,5-11,13-14H2,(H,23,26)/t18-,19+/m1/s1. The predicted octanol–water partition coefficient (Wildman–Crippen LogP) is 1.52. The molecule has 0 aliphatic carbocycles. The smallest absolute Gasteiger partial charge is 0.320 e. The zero-order valence-electron chi connectivity index (χ0n) is 16.0. The van der Waals surface area contributed by atoms with E-state index in [1.54, 1.807) is 0 Å². The van der Waals surface area contributed by atoms with E-state index < -0.39 is 0 Å². The molecule has 3 heterocycles. The summed E-state index contributed by atoms with van der Waals surface area (Å²) in [6.07, 6.45) is 3.77. The molecule has 1 aromatic carbocycles. The molecular weight excluding hydrogens is 356 g/mol. The van der Waals surface area contributed by atoms with Crippen molar-refractivity contribution in [1.82, 2.24) is 15.1 Å². The van der Waals surface area contributed by atoms with Gasteiger partial charge in [0.2, 0.25) is 5.91 Å². The third-order valence-electron chi connectivity index (χ3n) is 6.09. The lowest BCUT2D eigenvalue weighted by molar-refractivity contribution is -0.139. The van der Waals surface area contributed by atoms with Gasteiger partial charge in [-0.1, -0.05) is 12.1 Å². The van der Waals surface area contributed by atoms with Crippen molar-refractivity contribution in [1.29, 1.82) is 5.26 Å². The highest BCUT2D eigenvalue weighted by molar-refractivity contribution is 5.79. The number of nitrogens with one attached hydrogen (secondary N) is 1. The molecule has 0 radical (unpaired) electrons. The van der Waals surface area contributed by atoms with Crippen LogP contribution in [0.25, 0.3) is 0 Å². The average molecular weight is 382 g/mol. The first-order chi connectivity index (χ1) is 13.6. The fourth-order valence-electron chi connectivity index (χ4n) is 4.45. The van der Waals surface area contributed by atoms with Crippen LogP contribution in [0, 0.1) is 17.2 Å². The van der Waals surface area contributed by atoms with Crippen molar-refractivity contribution in [2.45, 2.75) is 37.8 Å². The van der Waals surface area contributed by atoms with Gasteiger partial charge in [-0.3, -0.25) is 4.79 Å². The fourth-order valence-corrected chi connectivity index (χ4v) is 4.45. The van der Waals surface area contributed by atoms with Gasteiger partial charge in [0.05, 0.1) is 23.8 Å². The maximum absolute atomic E-state index is 12.9. The molecule has 3 amide bonds. The third-order valence-corrected chi connectivity index (χ3v) is 6.09. The number of ether oxygens (including phenoxy) is 1. The number of likely N-dealkylation sites (tertiary alicyclic amines) is 2. The van der Waals surface area contributed by atoms with Gasteiger partial charge in [0.25, 0.3) is 0 Å². The second kappa shape index (κ2) is 8.19. The van der Waals surface area contributed by atoms with E-state index in [0.717, 1.165) is 38.8 Å². The van der Waals surface area contributed by atoms with E-state index in [0.29, 0.717) is 24.6 Å². The van der Waals surface area contributed by atoms with Gasteiger partial charge < -0.3 is 19.9 Å². The number of rotatable bonds is 2. The number of amides is 3. The van der Waals surface area contributed by atoms with Crippen LogP contribution in [0.2, 0.25) is 0 Å². The minimum Gasteiger partial charge on any atom is -0.366 e. The minimum atomic E-state index is -0.0980. The second-order valence-corrected chi connectivity index (χ2v) is 7.98. The van der Waals surface area contributed by atoms with Crippen LogP contribution >= 0.6 is 0 Å². The minimum absolute atomic E-state index is 0.0277. The van der Waals surface area contributed by atoms with E-state index in [4.69, 9.17) is 10.00 Å². The summed E-state index contributed by atoms with van der Waals surface area (Å²) in [5.74, 6) is 0.466. The van der Waals surface area contributed by atoms with Crippen molar-refractivity contribution in [3.8, 4) is 6.07 Å². The Morgan fingerprint density at radius 2 is 1.86 bits per heavy atom. The number of carbonyl (C=O) groups is 2. The molecule has 7 nitrogen and oxygen atoms in total. The number of urea groups is 1. The highest BCUT2D eigenvalue weighted by atomic mass is 16.5. The Labute approximate surface area is 165 Å². The summed E-state index contributed by atoms with van der Waals surface area (Å²) in [7, 11) is 0. The number of piperidine rings is 2. The van der Waals surface area contributed by atoms with E-state index in [9.17, 15) is 9.59 Å². The molecule has 3 fully saturated rings. The highest BCUT2D eigenvalue weighted by Gasteiger charge is 2.37. The second-order valence-electron chi connectivity index (χ2n) is 7.98. The number of hydrogen-bond donors (Lipinski definition) is 1. The number of nitriles is 1. The number of nitrogens with zero attached hydrogens (tertiary/aromatic N) is 3. The Kier molecular flexibility index (Phi) is 5.49. The lowest BCUT2D eigenvalue weighted by Gasteiger charge is -2.43. The van der Waals surface area contributed by atoms with Gasteiger partial charge in [0, 0.05) is 26.2 Å². The molecule has 148 valence electrons. The summed E-state index contributed by atoms with van der Waals surface area (Å²) in [5.41, 5.74) is 1.94. The lowest BCUT2D eigenvalue weighted by atomic mass is 9.90. The quantitative estimate of drug-likeness (QED) is 0.840. The first-order valence-corrected chi connectivity index (χ1v) is 10.1. The Hall–Kier alpha value is -2.59. The molecule has 0 spiro atoms. The molecule has 3 aliphatic rings. The first kappa shape index (κ1) is 18.8. The molecule has 7 heteroatoms. The molecule has 0 aromatic heterocycles. The summed E-state index contributed by atoms with van der Waals surface area (Å²) in [6, 6.07) is 9.93. The van der Waals surface area contributed by atoms with Crippen molar-refractivity contribution in [2.24, 2.45) is 5.92 Å². The molecule has 0 unspecified atom stereocenters. The van der Waals surface area contributed by atoms with Crippen molar-refractivity contribution in [3.05, 3.63) is 35.4 Å². The fraction of sp³-hybridized carbons (Fsp3) is 0.571. The number of carbonyl (C=O) groups excluding carboxylic acids is 2. The van der Waals surface area contributed by atoms with Crippen molar-refractivity contribution in [2.75, 3.05) is 32.8 Å². The highest BCUT2D eigenvalue weighted by Crippen LogP contribution is 2.24. The largest absolute Gasteiger partial charge is 0.366 e. The predicted molar refractivity (Wildman–Crippen MR) is 102 cm³/mol. The van der Waals surface area contributed by atoms with Crippen LogP contribution in [0.1, 0.15) is 30.4 Å². The van der Waals surface area contributed by atoms with Crippen molar-refractivity contribution < 1.29 is 14.3 Å². The molecule has 1 N–H and O–H groups in total. The molecule has 1 aromatic rings. The van der Waals surface area contributed by atoms with Gasteiger partial charge in [-0.15, -0.1) is 0 Å². The van der Waals surface area contributed by atoms with E-state index in [1.165, 1.54) is 5.56 Å². The summed E-state index contributed by atoms with van der Waals surface area (Å²) in [5, 5.41) is 11.8. The Bertz CT molecular complexity index is 765. The van der Waals surface area contributed by atoms with Crippen LogP contribution in [-0.4, -0.2) is 66.7 Å². The summed E-state index contributed by atoms with van der Waals surface area (Å²) in [6.45, 7) is 2.88. The van der Waals surface area contributed by atoms with E-state index in [-0.39, 0.29) is 30.7 Å². The average Bonchev–Trinajstić information content (AvgIpc) is 2.74. The SMILES string of the molecule is N#Cc1ccc(CC2CCN(C(=O)N3CC[C@@H]4OCC(=O)N[C@@H]4C3)CC2)cc1. The van der Waals surface area contributed by atoms with E-state index in [1.807, 2.05) is 34.1 Å². The molecular formula is C21H26N4O3. The molecule has 28 heavy (non-hydrogen) atoms. The Morgan fingerprint density at radius 3 is 2.57 bits per heavy atom. The van der Waals surface area contributed by atoms with Gasteiger partial charge >= 0.3 is 6.03 Å². The van der Waals surface area contributed by atoms with Crippen LogP contribution in [-0.2, 0) is 16.0 Å². The van der Waals surface area contributed by atoms with Crippen LogP contribution in [0.5, 0.6) is 0 Å². The lowest BCUT2D eigenvalue weighted by Crippen LogP contribution is -2.62. The van der Waals surface area contributed by atoms with E-state index in [2.05, 4.69) is 11.4 Å². The van der Waals surface area contributed by atoms with Gasteiger partial charge in [-0.25, -0.2) is 4.79 Å². The number of morpholine rings is 1. The first-order valence-electron chi connectivity index (χ1n) is 10.1. The van der Waals surface area contributed by atoms with Gasteiger partial charge in [0.1, 0.15) is 6.61 Å². The van der Waals surface area contributed by atoms with Crippen molar-refractivity contribution in [3.63, 3.8) is 0 Å². The number of fused-ring (bicyclic) bond motifs is 1. The van der Waals surface area contributed by atoms with Crippen LogP contribution in [0.15, 0.2) is 24.3 Å². The topological polar surface area (TPSA) is 85.7 Å². The number of hydrogen-bond acceptors (Lipinski definition) is 4.